The molecular weight excluding hydrogens is 250 g/mol. The SMILES string of the molecule is Nc1cc2cn[nH]c2cc1Nc1ccc(F)c(F)c1. The lowest BCUT2D eigenvalue weighted by Gasteiger charge is -2.09. The minimum atomic E-state index is -0.911. The third kappa shape index (κ3) is 2.08. The molecule has 0 amide bonds. The maximum absolute atomic E-state index is 13.1. The number of nitrogens with two attached hydrogens (primary N) is 1. The topological polar surface area (TPSA) is 66.7 Å². The van der Waals surface area contributed by atoms with Crippen molar-refractivity contribution in [3.8, 4) is 0 Å². The third-order valence-corrected chi connectivity index (χ3v) is 2.81. The Kier molecular flexibility index (Phi) is 2.56. The van der Waals surface area contributed by atoms with E-state index in [2.05, 4.69) is 15.5 Å². The number of benzene rings is 2. The molecule has 0 unspecified atom stereocenters. The van der Waals surface area contributed by atoms with Crippen molar-refractivity contribution in [2.24, 2.45) is 0 Å². The van der Waals surface area contributed by atoms with Gasteiger partial charge in [-0.1, -0.05) is 0 Å². The zero-order valence-corrected chi connectivity index (χ0v) is 9.74. The molecule has 0 radical (unpaired) electrons. The Bertz CT molecular complexity index is 751. The number of nitrogen functional groups attached to an aromatic ring is 1. The zero-order chi connectivity index (χ0) is 13.4. The van der Waals surface area contributed by atoms with Crippen LogP contribution in [0.4, 0.5) is 25.8 Å². The predicted molar refractivity (Wildman–Crippen MR) is 70.1 cm³/mol. The zero-order valence-electron chi connectivity index (χ0n) is 9.74. The Morgan fingerprint density at radius 2 is 1.95 bits per heavy atom. The molecule has 0 spiro atoms. The molecule has 0 aliphatic heterocycles. The van der Waals surface area contributed by atoms with Gasteiger partial charge in [0.2, 0.25) is 0 Å². The lowest BCUT2D eigenvalue weighted by atomic mass is 10.2. The average molecular weight is 260 g/mol. The van der Waals surface area contributed by atoms with Crippen LogP contribution in [-0.2, 0) is 0 Å². The molecule has 0 aliphatic carbocycles. The van der Waals surface area contributed by atoms with Crippen molar-refractivity contribution in [2.75, 3.05) is 11.1 Å². The second kappa shape index (κ2) is 4.24. The second-order valence-electron chi connectivity index (χ2n) is 4.15. The van der Waals surface area contributed by atoms with E-state index < -0.39 is 11.6 Å². The summed E-state index contributed by atoms with van der Waals surface area (Å²) in [4.78, 5) is 0. The molecule has 3 aromatic rings. The summed E-state index contributed by atoms with van der Waals surface area (Å²) in [7, 11) is 0. The summed E-state index contributed by atoms with van der Waals surface area (Å²) in [5.41, 5.74) is 8.21. The van der Waals surface area contributed by atoms with Gasteiger partial charge in [-0.15, -0.1) is 0 Å². The molecule has 0 saturated heterocycles. The van der Waals surface area contributed by atoms with Gasteiger partial charge in [-0.05, 0) is 24.3 Å². The molecule has 6 heteroatoms. The van der Waals surface area contributed by atoms with Crippen LogP contribution < -0.4 is 11.1 Å². The Labute approximate surface area is 107 Å². The number of aromatic nitrogens is 2. The van der Waals surface area contributed by atoms with E-state index in [1.54, 1.807) is 18.3 Å². The first-order valence-electron chi connectivity index (χ1n) is 5.58. The number of nitrogens with zero attached hydrogens (tertiary/aromatic N) is 1. The number of anilines is 3. The Morgan fingerprint density at radius 1 is 1.11 bits per heavy atom. The molecule has 1 aromatic heterocycles. The highest BCUT2D eigenvalue weighted by Gasteiger charge is 2.06. The number of halogens is 2. The fourth-order valence-corrected chi connectivity index (χ4v) is 1.85. The fourth-order valence-electron chi connectivity index (χ4n) is 1.85. The first-order chi connectivity index (χ1) is 9.13. The van der Waals surface area contributed by atoms with Gasteiger partial charge in [0.25, 0.3) is 0 Å². The molecule has 2 aromatic carbocycles. The molecule has 4 N–H and O–H groups in total. The second-order valence-corrected chi connectivity index (χ2v) is 4.15. The highest BCUT2D eigenvalue weighted by molar-refractivity contribution is 5.89. The van der Waals surface area contributed by atoms with E-state index in [1.807, 2.05) is 0 Å². The van der Waals surface area contributed by atoms with E-state index in [-0.39, 0.29) is 0 Å². The monoisotopic (exact) mass is 260 g/mol. The summed E-state index contributed by atoms with van der Waals surface area (Å²) in [5, 5.41) is 10.5. The molecule has 0 atom stereocenters. The minimum absolute atomic E-state index is 0.421. The largest absolute Gasteiger partial charge is 0.397 e. The van der Waals surface area contributed by atoms with Crippen molar-refractivity contribution < 1.29 is 8.78 Å². The van der Waals surface area contributed by atoms with Crippen LogP contribution in [0.2, 0.25) is 0 Å². The molecular formula is C13H10F2N4. The summed E-state index contributed by atoms with van der Waals surface area (Å²) >= 11 is 0. The summed E-state index contributed by atoms with van der Waals surface area (Å²) in [6.07, 6.45) is 1.66. The molecule has 1 heterocycles. The fraction of sp³-hybridized carbons (Fsp3) is 0. The number of nitrogens with one attached hydrogen (secondary N) is 2. The Hall–Kier alpha value is -2.63. The van der Waals surface area contributed by atoms with E-state index in [9.17, 15) is 8.78 Å². The molecule has 19 heavy (non-hydrogen) atoms. The van der Waals surface area contributed by atoms with Crippen LogP contribution in [0.5, 0.6) is 0 Å². The highest BCUT2D eigenvalue weighted by Crippen LogP contribution is 2.28. The van der Waals surface area contributed by atoms with Crippen LogP contribution in [0.15, 0.2) is 36.5 Å². The van der Waals surface area contributed by atoms with Crippen LogP contribution in [-0.4, -0.2) is 10.2 Å². The van der Waals surface area contributed by atoms with Crippen molar-refractivity contribution >= 4 is 28.0 Å². The van der Waals surface area contributed by atoms with E-state index >= 15 is 0 Å². The van der Waals surface area contributed by atoms with Crippen molar-refractivity contribution in [1.29, 1.82) is 0 Å². The molecule has 0 aliphatic rings. The molecule has 0 fully saturated rings. The van der Waals surface area contributed by atoms with Crippen LogP contribution in [0.25, 0.3) is 10.9 Å². The van der Waals surface area contributed by atoms with Gasteiger partial charge >= 0.3 is 0 Å². The first-order valence-corrected chi connectivity index (χ1v) is 5.58. The summed E-state index contributed by atoms with van der Waals surface area (Å²) in [6.45, 7) is 0. The van der Waals surface area contributed by atoms with Gasteiger partial charge in [0.1, 0.15) is 0 Å². The molecule has 96 valence electrons. The van der Waals surface area contributed by atoms with Gasteiger partial charge in [0.15, 0.2) is 11.6 Å². The van der Waals surface area contributed by atoms with E-state index in [0.29, 0.717) is 17.1 Å². The summed E-state index contributed by atoms with van der Waals surface area (Å²) in [6, 6.07) is 7.09. The van der Waals surface area contributed by atoms with Crippen LogP contribution in [0, 0.1) is 11.6 Å². The Morgan fingerprint density at radius 3 is 2.74 bits per heavy atom. The van der Waals surface area contributed by atoms with Crippen LogP contribution >= 0.6 is 0 Å². The summed E-state index contributed by atoms with van der Waals surface area (Å²) < 4.78 is 26.0. The Balaban J connectivity index is 1.99. The number of fused-ring (bicyclic) bond motifs is 1. The van der Waals surface area contributed by atoms with Gasteiger partial charge in [0, 0.05) is 17.1 Å². The standard InChI is InChI=1S/C13H10F2N4/c14-9-2-1-8(4-10(9)15)18-13-5-12-7(3-11(13)16)6-17-19-12/h1-6,18H,16H2,(H,17,19). The molecule has 4 nitrogen and oxygen atoms in total. The molecule has 0 saturated carbocycles. The van der Waals surface area contributed by atoms with Crippen LogP contribution in [0.3, 0.4) is 0 Å². The van der Waals surface area contributed by atoms with E-state index in [4.69, 9.17) is 5.73 Å². The maximum atomic E-state index is 13.1. The lowest BCUT2D eigenvalue weighted by Crippen LogP contribution is -1.97. The molecule has 0 bridgehead atoms. The van der Waals surface area contributed by atoms with Crippen molar-refractivity contribution in [2.45, 2.75) is 0 Å². The number of rotatable bonds is 2. The first kappa shape index (κ1) is 11.5. The minimum Gasteiger partial charge on any atom is -0.397 e. The van der Waals surface area contributed by atoms with E-state index in [0.717, 1.165) is 23.0 Å². The van der Waals surface area contributed by atoms with E-state index in [1.165, 1.54) is 6.07 Å². The average Bonchev–Trinajstić information content (AvgIpc) is 2.81. The van der Waals surface area contributed by atoms with Gasteiger partial charge in [0.05, 0.1) is 23.1 Å². The lowest BCUT2D eigenvalue weighted by molar-refractivity contribution is 0.509. The number of aromatic amines is 1. The van der Waals surface area contributed by atoms with Crippen molar-refractivity contribution in [1.82, 2.24) is 10.2 Å². The normalized spacial score (nSPS) is 10.8. The number of hydrogen-bond donors (Lipinski definition) is 3. The smallest absolute Gasteiger partial charge is 0.160 e. The van der Waals surface area contributed by atoms with Gasteiger partial charge < -0.3 is 11.1 Å². The van der Waals surface area contributed by atoms with Gasteiger partial charge in [-0.2, -0.15) is 5.10 Å². The molecule has 3 rings (SSSR count). The predicted octanol–water partition coefficient (Wildman–Crippen LogP) is 3.17. The van der Waals surface area contributed by atoms with Crippen molar-refractivity contribution in [3.05, 3.63) is 48.2 Å². The third-order valence-electron chi connectivity index (χ3n) is 2.81. The number of hydrogen-bond acceptors (Lipinski definition) is 3. The summed E-state index contributed by atoms with van der Waals surface area (Å²) in [5.74, 6) is -1.80. The highest BCUT2D eigenvalue weighted by atomic mass is 19.2. The quantitative estimate of drug-likeness (QED) is 0.620. The maximum Gasteiger partial charge on any atom is 0.160 e. The van der Waals surface area contributed by atoms with Crippen LogP contribution in [0.1, 0.15) is 0 Å². The van der Waals surface area contributed by atoms with Gasteiger partial charge in [-0.3, -0.25) is 5.10 Å². The number of H-pyrrole nitrogens is 1. The van der Waals surface area contributed by atoms with Crippen molar-refractivity contribution in [3.63, 3.8) is 0 Å². The van der Waals surface area contributed by atoms with Gasteiger partial charge in [-0.25, -0.2) is 8.78 Å².